The number of rotatable bonds is 5. The summed E-state index contributed by atoms with van der Waals surface area (Å²) in [6, 6.07) is -0.845. The topological polar surface area (TPSA) is 131 Å². The molecule has 0 bridgehead atoms. The zero-order valence-electron chi connectivity index (χ0n) is 16.5. The minimum atomic E-state index is -1.15. The summed E-state index contributed by atoms with van der Waals surface area (Å²) in [4.78, 5) is 27.1. The van der Waals surface area contributed by atoms with Gasteiger partial charge >= 0.3 is 29.6 Å². The summed E-state index contributed by atoms with van der Waals surface area (Å²) >= 11 is 0. The molecule has 0 aromatic rings. The van der Waals surface area contributed by atoms with Crippen molar-refractivity contribution in [1.29, 1.82) is 0 Å². The number of aliphatic hydroxyl groups is 2. The number of nitrogens with one attached hydrogen (secondary N) is 1. The molecule has 0 spiro atoms. The summed E-state index contributed by atoms with van der Waals surface area (Å²) in [6.45, 7) is 7.01. The normalized spacial score (nSPS) is 21.2. The summed E-state index contributed by atoms with van der Waals surface area (Å²) in [5.74, 6) is -1.20. The molecule has 2 amide bonds. The van der Waals surface area contributed by atoms with Gasteiger partial charge < -0.3 is 25.4 Å². The van der Waals surface area contributed by atoms with Crippen LogP contribution >= 0.6 is 0 Å². The van der Waals surface area contributed by atoms with Gasteiger partial charge in [-0.15, -0.1) is 0 Å². The van der Waals surface area contributed by atoms with E-state index in [2.05, 4.69) is 15.0 Å². The van der Waals surface area contributed by atoms with E-state index < -0.39 is 29.4 Å². The standard InChI is InChI=1S/C11H18N2O3.C3H8O2.C2H6O.Na/c1-4-6-7(3)11(5-2)8(14)12-10(16)13-9(11)15;1-3(5)2-4;1-3-2;/h7H,4-6H2,1-3H3,(H2,12,13,14,15,16);3-5H,2H2,1H3;1-2H3;/q;;;+1/p-1. The molecule has 1 rings (SSSR count). The molecule has 3 atom stereocenters. The van der Waals surface area contributed by atoms with E-state index in [4.69, 9.17) is 10.2 Å². The SMILES string of the molecule is CC(O)CO.CCCC(C)C1(CC)C(=O)N=C([O-])NC1=O.COC.[Na+]. The van der Waals surface area contributed by atoms with E-state index >= 15 is 0 Å². The van der Waals surface area contributed by atoms with Crippen LogP contribution in [-0.2, 0) is 14.3 Å². The number of aliphatic imine (C=N–C) groups is 1. The van der Waals surface area contributed by atoms with Crippen molar-refractivity contribution in [3.8, 4) is 0 Å². The van der Waals surface area contributed by atoms with Crippen molar-refractivity contribution < 1.29 is 59.2 Å². The van der Waals surface area contributed by atoms with Crippen molar-refractivity contribution in [2.24, 2.45) is 16.3 Å². The largest absolute Gasteiger partial charge is 1.00 e. The van der Waals surface area contributed by atoms with E-state index in [0.29, 0.717) is 6.42 Å². The second kappa shape index (κ2) is 15.7. The van der Waals surface area contributed by atoms with Crippen LogP contribution in [0.25, 0.3) is 0 Å². The number of carbonyl (C=O) groups excluding carboxylic acids is 2. The Morgan fingerprint density at radius 3 is 2.00 bits per heavy atom. The number of carbonyl (C=O) groups is 2. The fraction of sp³-hybridized carbons (Fsp3) is 0.812. The number of amides is 2. The van der Waals surface area contributed by atoms with Crippen molar-refractivity contribution in [2.45, 2.75) is 53.1 Å². The first-order valence-corrected chi connectivity index (χ1v) is 7.98. The Morgan fingerprint density at radius 1 is 1.28 bits per heavy atom. The number of aliphatic hydroxyl groups excluding tert-OH is 2. The molecule has 3 N–H and O–H groups in total. The van der Waals surface area contributed by atoms with E-state index in [1.54, 1.807) is 21.1 Å². The van der Waals surface area contributed by atoms with Crippen LogP contribution in [0.15, 0.2) is 4.99 Å². The summed E-state index contributed by atoms with van der Waals surface area (Å²) in [5.41, 5.74) is -1.15. The van der Waals surface area contributed by atoms with Crippen LogP contribution in [0.1, 0.15) is 47.0 Å². The van der Waals surface area contributed by atoms with Crippen molar-refractivity contribution in [3.05, 3.63) is 0 Å². The van der Waals surface area contributed by atoms with Gasteiger partial charge in [0.25, 0.3) is 5.91 Å². The molecular formula is C16H31N2NaO6. The van der Waals surface area contributed by atoms with Crippen LogP contribution in [0.2, 0.25) is 0 Å². The average molecular weight is 370 g/mol. The van der Waals surface area contributed by atoms with Gasteiger partial charge in [0.15, 0.2) is 0 Å². The third kappa shape index (κ3) is 9.67. The Balaban J connectivity index is -0.000000455. The molecule has 0 radical (unpaired) electrons. The molecule has 1 aliphatic rings. The monoisotopic (exact) mass is 370 g/mol. The molecular weight excluding hydrogens is 339 g/mol. The van der Waals surface area contributed by atoms with Crippen LogP contribution in [0.3, 0.4) is 0 Å². The van der Waals surface area contributed by atoms with E-state index in [9.17, 15) is 14.7 Å². The van der Waals surface area contributed by atoms with Gasteiger partial charge in [0, 0.05) is 14.2 Å². The number of amidine groups is 1. The number of nitrogens with zero attached hydrogens (tertiary/aromatic N) is 1. The Bertz CT molecular complexity index is 417. The van der Waals surface area contributed by atoms with Gasteiger partial charge in [-0.05, 0) is 25.7 Å². The van der Waals surface area contributed by atoms with E-state index in [1.807, 2.05) is 13.8 Å². The molecule has 3 unspecified atom stereocenters. The first kappa shape index (κ1) is 29.3. The number of hydrogen-bond donors (Lipinski definition) is 3. The Kier molecular flexibility index (Phi) is 18.4. The summed E-state index contributed by atoms with van der Waals surface area (Å²) in [6.07, 6.45) is 1.46. The minimum Gasteiger partial charge on any atom is -0.846 e. The van der Waals surface area contributed by atoms with E-state index in [1.165, 1.54) is 6.92 Å². The van der Waals surface area contributed by atoms with Crippen LogP contribution < -0.4 is 40.0 Å². The minimum absolute atomic E-state index is 0. The van der Waals surface area contributed by atoms with Crippen molar-refractivity contribution >= 4 is 17.8 Å². The van der Waals surface area contributed by atoms with Gasteiger partial charge in [-0.2, -0.15) is 0 Å². The van der Waals surface area contributed by atoms with Crippen LogP contribution in [-0.4, -0.2) is 55.0 Å². The molecule has 0 aromatic carbocycles. The fourth-order valence-electron chi connectivity index (χ4n) is 2.30. The molecule has 9 heteroatoms. The third-order valence-electron chi connectivity index (χ3n) is 3.60. The van der Waals surface area contributed by atoms with Crippen molar-refractivity contribution in [2.75, 3.05) is 20.8 Å². The van der Waals surface area contributed by atoms with Gasteiger partial charge in [0.1, 0.15) is 5.41 Å². The molecule has 0 aliphatic carbocycles. The quantitative estimate of drug-likeness (QED) is 0.345. The zero-order chi connectivity index (χ0) is 19.3. The molecule has 0 saturated carbocycles. The van der Waals surface area contributed by atoms with Gasteiger partial charge in [-0.3, -0.25) is 9.59 Å². The molecule has 25 heavy (non-hydrogen) atoms. The average Bonchev–Trinajstić information content (AvgIpc) is 2.49. The predicted molar refractivity (Wildman–Crippen MR) is 89.1 cm³/mol. The summed E-state index contributed by atoms with van der Waals surface area (Å²) in [5, 5.41) is 29.1. The van der Waals surface area contributed by atoms with Crippen LogP contribution in [0.5, 0.6) is 0 Å². The Hall–Kier alpha value is -0.510. The maximum Gasteiger partial charge on any atom is 1.00 e. The molecule has 142 valence electrons. The maximum absolute atomic E-state index is 11.9. The van der Waals surface area contributed by atoms with Gasteiger partial charge in [0.05, 0.1) is 18.7 Å². The van der Waals surface area contributed by atoms with Gasteiger partial charge in [0.2, 0.25) is 5.91 Å². The Morgan fingerprint density at radius 2 is 1.72 bits per heavy atom. The predicted octanol–water partition coefficient (Wildman–Crippen LogP) is -3.18. The number of ether oxygens (including phenoxy) is 1. The third-order valence-corrected chi connectivity index (χ3v) is 3.60. The van der Waals surface area contributed by atoms with Crippen molar-refractivity contribution in [3.63, 3.8) is 0 Å². The number of methoxy groups -OCH3 is 1. The van der Waals surface area contributed by atoms with E-state index in [-0.39, 0.29) is 42.1 Å². The first-order valence-electron chi connectivity index (χ1n) is 7.98. The molecule has 0 saturated heterocycles. The zero-order valence-corrected chi connectivity index (χ0v) is 18.5. The van der Waals surface area contributed by atoms with Gasteiger partial charge in [-0.25, -0.2) is 4.99 Å². The molecule has 1 aliphatic heterocycles. The van der Waals surface area contributed by atoms with Crippen molar-refractivity contribution in [1.82, 2.24) is 5.32 Å². The molecule has 8 nitrogen and oxygen atoms in total. The molecule has 0 aromatic heterocycles. The second-order valence-electron chi connectivity index (χ2n) is 5.63. The summed E-state index contributed by atoms with van der Waals surface area (Å²) < 4.78 is 4.25. The Labute approximate surface area is 172 Å². The fourth-order valence-corrected chi connectivity index (χ4v) is 2.30. The maximum atomic E-state index is 11.9. The van der Waals surface area contributed by atoms with E-state index in [0.717, 1.165) is 12.8 Å². The van der Waals surface area contributed by atoms with Crippen LogP contribution in [0, 0.1) is 11.3 Å². The first-order chi connectivity index (χ1) is 11.2. The second-order valence-corrected chi connectivity index (χ2v) is 5.63. The van der Waals surface area contributed by atoms with Crippen LogP contribution in [0.4, 0.5) is 0 Å². The number of hydrogen-bond acceptors (Lipinski definition) is 6. The molecule has 0 fully saturated rings. The molecule has 1 heterocycles. The smallest absolute Gasteiger partial charge is 0.846 e. The summed E-state index contributed by atoms with van der Waals surface area (Å²) in [7, 11) is 3.25. The van der Waals surface area contributed by atoms with Gasteiger partial charge in [-0.1, -0.05) is 27.2 Å².